The molecule has 0 saturated heterocycles. The van der Waals surface area contributed by atoms with E-state index in [1.165, 1.54) is 6.92 Å². The molecule has 0 spiro atoms. The molecule has 108 valence electrons. The minimum Gasteiger partial charge on any atom is -0.480 e. The highest BCUT2D eigenvalue weighted by Crippen LogP contribution is 2.11. The largest absolute Gasteiger partial charge is 0.480 e. The highest BCUT2D eigenvalue weighted by molar-refractivity contribution is 5.98. The van der Waals surface area contributed by atoms with Crippen LogP contribution in [0.3, 0.4) is 0 Å². The number of hydrogen-bond acceptors (Lipinski definition) is 3. The van der Waals surface area contributed by atoms with Crippen molar-refractivity contribution in [3.63, 3.8) is 0 Å². The van der Waals surface area contributed by atoms with E-state index in [0.717, 1.165) is 18.2 Å². The Bertz CT molecular complexity index is 545. The molecular formula is C13H13F2NO4. The molecule has 1 aromatic carbocycles. The molecule has 20 heavy (non-hydrogen) atoms. The summed E-state index contributed by atoms with van der Waals surface area (Å²) in [6.45, 7) is 1.29. The van der Waals surface area contributed by atoms with E-state index >= 15 is 0 Å². The van der Waals surface area contributed by atoms with Crippen LogP contribution in [-0.2, 0) is 9.59 Å². The van der Waals surface area contributed by atoms with Crippen molar-refractivity contribution < 1.29 is 28.3 Å². The van der Waals surface area contributed by atoms with E-state index in [4.69, 9.17) is 5.11 Å². The quantitative estimate of drug-likeness (QED) is 0.776. The Morgan fingerprint density at radius 3 is 2.40 bits per heavy atom. The third-order valence-electron chi connectivity index (χ3n) is 2.57. The zero-order valence-corrected chi connectivity index (χ0v) is 10.7. The van der Waals surface area contributed by atoms with E-state index in [2.05, 4.69) is 5.32 Å². The molecule has 0 aromatic heterocycles. The molecule has 5 nitrogen and oxygen atoms in total. The van der Waals surface area contributed by atoms with Gasteiger partial charge in [-0.15, -0.1) is 0 Å². The van der Waals surface area contributed by atoms with Crippen LogP contribution in [0.25, 0.3) is 0 Å². The number of halogens is 2. The first-order chi connectivity index (χ1) is 9.31. The number of carbonyl (C=O) groups excluding carboxylic acids is 2. The van der Waals surface area contributed by atoms with Crippen molar-refractivity contribution in [3.05, 3.63) is 35.4 Å². The summed E-state index contributed by atoms with van der Waals surface area (Å²) in [7, 11) is 0. The Hall–Kier alpha value is -2.31. The van der Waals surface area contributed by atoms with E-state index < -0.39 is 35.3 Å². The average molecular weight is 285 g/mol. The van der Waals surface area contributed by atoms with Gasteiger partial charge in [0.25, 0.3) is 0 Å². The third kappa shape index (κ3) is 4.42. The minimum absolute atomic E-state index is 0.0389. The molecule has 1 atom stereocenters. The molecule has 0 aliphatic heterocycles. The second kappa shape index (κ2) is 6.74. The predicted molar refractivity (Wildman–Crippen MR) is 65.2 cm³/mol. The first-order valence-electron chi connectivity index (χ1n) is 5.81. The second-order valence-corrected chi connectivity index (χ2v) is 4.18. The van der Waals surface area contributed by atoms with Gasteiger partial charge in [0.2, 0.25) is 5.91 Å². The summed E-state index contributed by atoms with van der Waals surface area (Å²) in [6, 6.07) is 1.66. The highest BCUT2D eigenvalue weighted by atomic mass is 19.2. The number of carboxylic acids is 1. The van der Waals surface area contributed by atoms with Gasteiger partial charge in [-0.05, 0) is 25.1 Å². The fourth-order valence-electron chi connectivity index (χ4n) is 1.42. The first-order valence-corrected chi connectivity index (χ1v) is 5.81. The van der Waals surface area contributed by atoms with Crippen LogP contribution in [-0.4, -0.2) is 28.8 Å². The number of carbonyl (C=O) groups is 3. The molecule has 0 heterocycles. The SMILES string of the molecule is C[C@H](NC(=O)CCC(=O)c1ccc(F)c(F)c1)C(=O)O. The van der Waals surface area contributed by atoms with Crippen molar-refractivity contribution in [3.8, 4) is 0 Å². The molecule has 0 saturated carbocycles. The summed E-state index contributed by atoms with van der Waals surface area (Å²) in [6.07, 6.45) is -0.446. The number of ketones is 1. The smallest absolute Gasteiger partial charge is 0.325 e. The van der Waals surface area contributed by atoms with E-state index in [1.807, 2.05) is 0 Å². The van der Waals surface area contributed by atoms with Crippen molar-refractivity contribution in [2.45, 2.75) is 25.8 Å². The summed E-state index contributed by atoms with van der Waals surface area (Å²) in [5.74, 6) is -4.52. The highest BCUT2D eigenvalue weighted by Gasteiger charge is 2.16. The maximum absolute atomic E-state index is 12.9. The number of amides is 1. The number of carboxylic acid groups (broad SMARTS) is 1. The molecule has 2 N–H and O–H groups in total. The van der Waals surface area contributed by atoms with Gasteiger partial charge in [-0.3, -0.25) is 14.4 Å². The molecule has 7 heteroatoms. The molecule has 1 amide bonds. The summed E-state index contributed by atoms with van der Waals surface area (Å²) in [5, 5.41) is 10.8. The van der Waals surface area contributed by atoms with Crippen molar-refractivity contribution in [1.29, 1.82) is 0 Å². The fraction of sp³-hybridized carbons (Fsp3) is 0.308. The van der Waals surface area contributed by atoms with Crippen LogP contribution in [0.5, 0.6) is 0 Å². The van der Waals surface area contributed by atoms with Crippen LogP contribution in [0.2, 0.25) is 0 Å². The third-order valence-corrected chi connectivity index (χ3v) is 2.57. The Labute approximate surface area is 113 Å². The molecule has 1 aromatic rings. The molecule has 0 aliphatic carbocycles. The lowest BCUT2D eigenvalue weighted by Gasteiger charge is -2.08. The Balaban J connectivity index is 2.53. The van der Waals surface area contributed by atoms with Crippen molar-refractivity contribution in [2.75, 3.05) is 0 Å². The molecule has 0 aliphatic rings. The predicted octanol–water partition coefficient (Wildman–Crippen LogP) is 1.52. The maximum atomic E-state index is 12.9. The fourth-order valence-corrected chi connectivity index (χ4v) is 1.42. The van der Waals surface area contributed by atoms with Crippen molar-refractivity contribution in [1.82, 2.24) is 5.32 Å². The standard InChI is InChI=1S/C13H13F2NO4/c1-7(13(19)20)16-12(18)5-4-11(17)8-2-3-9(14)10(15)6-8/h2-3,6-7H,4-5H2,1H3,(H,16,18)(H,19,20)/t7-/m0/s1. The van der Waals surface area contributed by atoms with Crippen LogP contribution < -0.4 is 5.32 Å². The summed E-state index contributed by atoms with van der Waals surface area (Å²) >= 11 is 0. The van der Waals surface area contributed by atoms with Gasteiger partial charge in [-0.1, -0.05) is 0 Å². The lowest BCUT2D eigenvalue weighted by atomic mass is 10.1. The van der Waals surface area contributed by atoms with Gasteiger partial charge >= 0.3 is 5.97 Å². The van der Waals surface area contributed by atoms with E-state index in [1.54, 1.807) is 0 Å². The van der Waals surface area contributed by atoms with Crippen LogP contribution in [0.4, 0.5) is 8.78 Å². The van der Waals surface area contributed by atoms with Gasteiger partial charge in [0.1, 0.15) is 6.04 Å². The number of Topliss-reactive ketones (excluding diaryl/α,β-unsaturated/α-hetero) is 1. The lowest BCUT2D eigenvalue weighted by molar-refractivity contribution is -0.141. The van der Waals surface area contributed by atoms with E-state index in [9.17, 15) is 23.2 Å². The van der Waals surface area contributed by atoms with Crippen molar-refractivity contribution in [2.24, 2.45) is 0 Å². The van der Waals surface area contributed by atoms with E-state index in [-0.39, 0.29) is 18.4 Å². The summed E-state index contributed by atoms with van der Waals surface area (Å²) in [4.78, 5) is 33.5. The minimum atomic E-state index is -1.19. The first kappa shape index (κ1) is 15.7. The zero-order valence-electron chi connectivity index (χ0n) is 10.7. The number of hydrogen-bond donors (Lipinski definition) is 2. The van der Waals surface area contributed by atoms with Crippen LogP contribution in [0.15, 0.2) is 18.2 Å². The van der Waals surface area contributed by atoms with Crippen molar-refractivity contribution >= 4 is 17.7 Å². The maximum Gasteiger partial charge on any atom is 0.325 e. The van der Waals surface area contributed by atoms with Crippen LogP contribution >= 0.6 is 0 Å². The van der Waals surface area contributed by atoms with E-state index in [0.29, 0.717) is 0 Å². The van der Waals surface area contributed by atoms with Crippen LogP contribution in [0.1, 0.15) is 30.1 Å². The van der Waals surface area contributed by atoms with Gasteiger partial charge in [-0.25, -0.2) is 8.78 Å². The van der Waals surface area contributed by atoms with Gasteiger partial charge < -0.3 is 10.4 Å². The van der Waals surface area contributed by atoms with Gasteiger partial charge in [0.15, 0.2) is 17.4 Å². The Morgan fingerprint density at radius 2 is 1.85 bits per heavy atom. The molecule has 1 rings (SSSR count). The summed E-state index contributed by atoms with van der Waals surface area (Å²) < 4.78 is 25.6. The van der Waals surface area contributed by atoms with Crippen LogP contribution in [0, 0.1) is 11.6 Å². The molecule has 0 bridgehead atoms. The Kier molecular flexibility index (Phi) is 5.31. The molecule has 0 unspecified atom stereocenters. The molecule has 0 radical (unpaired) electrons. The summed E-state index contributed by atoms with van der Waals surface area (Å²) in [5.41, 5.74) is -0.0389. The number of benzene rings is 1. The lowest BCUT2D eigenvalue weighted by Crippen LogP contribution is -2.38. The van der Waals surface area contributed by atoms with Gasteiger partial charge in [0.05, 0.1) is 0 Å². The Morgan fingerprint density at radius 1 is 1.20 bits per heavy atom. The number of nitrogens with one attached hydrogen (secondary N) is 1. The average Bonchev–Trinajstić information content (AvgIpc) is 2.39. The van der Waals surface area contributed by atoms with Gasteiger partial charge in [-0.2, -0.15) is 0 Å². The number of aliphatic carboxylic acids is 1. The molecule has 0 fully saturated rings. The normalized spacial score (nSPS) is 11.8. The van der Waals surface area contributed by atoms with Gasteiger partial charge in [0, 0.05) is 18.4 Å². The molecular weight excluding hydrogens is 272 g/mol. The topological polar surface area (TPSA) is 83.5 Å². The zero-order chi connectivity index (χ0) is 15.3. The second-order valence-electron chi connectivity index (χ2n) is 4.18. The monoisotopic (exact) mass is 285 g/mol. The number of rotatable bonds is 6.